The second-order valence-electron chi connectivity index (χ2n) is 9.03. The Balaban J connectivity index is 1.18. The number of nitrogens with one attached hydrogen (secondary N) is 1. The fraction of sp³-hybridized carbons (Fsp3) is 0.400. The van der Waals surface area contributed by atoms with Crippen molar-refractivity contribution >= 4 is 23.4 Å². The standard InChI is InChI=1S/C25H27N3O4/c29-22(19-3-4-19)26-21-9-7-18(8-10-21)17-1-5-20(6-2-17)23(30)27-13-15-28(16-14-27)24(31)25(32)11-12-25/h1-2,5-10,19,32H,3-4,11-16H2,(H,26,29). The molecule has 5 rings (SSSR count). The molecule has 2 N–H and O–H groups in total. The first-order valence-corrected chi connectivity index (χ1v) is 11.3. The average molecular weight is 434 g/mol. The number of piperazine rings is 1. The summed E-state index contributed by atoms with van der Waals surface area (Å²) < 4.78 is 0. The van der Waals surface area contributed by atoms with Crippen LogP contribution in [0, 0.1) is 5.92 Å². The maximum Gasteiger partial charge on any atom is 0.254 e. The number of aliphatic hydroxyl groups is 1. The third kappa shape index (κ3) is 4.25. The molecule has 2 aromatic carbocycles. The number of hydrogen-bond donors (Lipinski definition) is 2. The average Bonchev–Trinajstić information content (AvgIpc) is 3.76. The Bertz CT molecular complexity index is 1030. The molecule has 0 radical (unpaired) electrons. The molecule has 3 amide bonds. The van der Waals surface area contributed by atoms with Crippen LogP contribution in [0.2, 0.25) is 0 Å². The first-order valence-electron chi connectivity index (χ1n) is 11.3. The summed E-state index contributed by atoms with van der Waals surface area (Å²) in [6.07, 6.45) is 3.03. The highest BCUT2D eigenvalue weighted by Crippen LogP contribution is 2.37. The minimum atomic E-state index is -1.15. The van der Waals surface area contributed by atoms with Crippen molar-refractivity contribution in [3.8, 4) is 11.1 Å². The number of rotatable bonds is 5. The van der Waals surface area contributed by atoms with E-state index in [0.29, 0.717) is 44.6 Å². The SMILES string of the molecule is O=C(Nc1ccc(-c2ccc(C(=O)N3CCN(C(=O)C4(O)CC4)CC3)cc2)cc1)C1CC1. The second-order valence-corrected chi connectivity index (χ2v) is 9.03. The number of amides is 3. The molecule has 1 saturated heterocycles. The minimum Gasteiger partial charge on any atom is -0.380 e. The Morgan fingerprint density at radius 2 is 1.34 bits per heavy atom. The van der Waals surface area contributed by atoms with Gasteiger partial charge in [0.15, 0.2) is 0 Å². The molecule has 32 heavy (non-hydrogen) atoms. The topological polar surface area (TPSA) is 90.0 Å². The van der Waals surface area contributed by atoms with Crippen molar-refractivity contribution in [1.82, 2.24) is 9.80 Å². The van der Waals surface area contributed by atoms with Crippen molar-refractivity contribution in [3.63, 3.8) is 0 Å². The Kier molecular flexibility index (Phi) is 5.21. The first-order chi connectivity index (χ1) is 15.4. The molecule has 3 fully saturated rings. The lowest BCUT2D eigenvalue weighted by Crippen LogP contribution is -2.53. The van der Waals surface area contributed by atoms with Crippen molar-refractivity contribution in [2.75, 3.05) is 31.5 Å². The molecular formula is C25H27N3O4. The van der Waals surface area contributed by atoms with Crippen LogP contribution in [-0.2, 0) is 9.59 Å². The molecule has 3 aliphatic rings. The smallest absolute Gasteiger partial charge is 0.254 e. The number of anilines is 1. The van der Waals surface area contributed by atoms with Gasteiger partial charge < -0.3 is 20.2 Å². The van der Waals surface area contributed by atoms with Gasteiger partial charge >= 0.3 is 0 Å². The molecular weight excluding hydrogens is 406 g/mol. The molecule has 2 saturated carbocycles. The van der Waals surface area contributed by atoms with Crippen LogP contribution in [0.5, 0.6) is 0 Å². The highest BCUT2D eigenvalue weighted by atomic mass is 16.3. The van der Waals surface area contributed by atoms with Gasteiger partial charge in [-0.25, -0.2) is 0 Å². The van der Waals surface area contributed by atoms with Crippen LogP contribution in [0.3, 0.4) is 0 Å². The van der Waals surface area contributed by atoms with Crippen molar-refractivity contribution in [3.05, 3.63) is 54.1 Å². The predicted molar refractivity (Wildman–Crippen MR) is 120 cm³/mol. The zero-order valence-electron chi connectivity index (χ0n) is 17.9. The number of carbonyl (C=O) groups is 3. The molecule has 166 valence electrons. The molecule has 0 aromatic heterocycles. The lowest BCUT2D eigenvalue weighted by molar-refractivity contribution is -0.143. The normalized spacial score (nSPS) is 19.4. The monoisotopic (exact) mass is 433 g/mol. The van der Waals surface area contributed by atoms with E-state index in [1.54, 1.807) is 9.80 Å². The van der Waals surface area contributed by atoms with Gasteiger partial charge in [-0.15, -0.1) is 0 Å². The summed E-state index contributed by atoms with van der Waals surface area (Å²) in [5, 5.41) is 12.9. The van der Waals surface area contributed by atoms with Crippen LogP contribution in [0.15, 0.2) is 48.5 Å². The van der Waals surface area contributed by atoms with E-state index in [4.69, 9.17) is 0 Å². The fourth-order valence-electron chi connectivity index (χ4n) is 4.06. The number of benzene rings is 2. The molecule has 2 aliphatic carbocycles. The first kappa shape index (κ1) is 20.7. The van der Waals surface area contributed by atoms with Gasteiger partial charge in [0.2, 0.25) is 5.91 Å². The van der Waals surface area contributed by atoms with E-state index < -0.39 is 5.60 Å². The van der Waals surface area contributed by atoms with Crippen LogP contribution in [0.1, 0.15) is 36.0 Å². The van der Waals surface area contributed by atoms with E-state index in [1.165, 1.54) is 0 Å². The van der Waals surface area contributed by atoms with Crippen LogP contribution in [0.4, 0.5) is 5.69 Å². The van der Waals surface area contributed by atoms with Crippen molar-refractivity contribution in [2.45, 2.75) is 31.3 Å². The van der Waals surface area contributed by atoms with Crippen LogP contribution < -0.4 is 5.32 Å². The molecule has 0 spiro atoms. The summed E-state index contributed by atoms with van der Waals surface area (Å²) in [6, 6.07) is 15.2. The highest BCUT2D eigenvalue weighted by molar-refractivity contribution is 5.96. The van der Waals surface area contributed by atoms with E-state index in [1.807, 2.05) is 48.5 Å². The lowest BCUT2D eigenvalue weighted by atomic mass is 10.0. The Labute approximate surface area is 187 Å². The van der Waals surface area contributed by atoms with Crippen molar-refractivity contribution in [1.29, 1.82) is 0 Å². The third-order valence-corrected chi connectivity index (χ3v) is 6.54. The molecule has 0 bridgehead atoms. The molecule has 1 heterocycles. The quantitative estimate of drug-likeness (QED) is 0.758. The summed E-state index contributed by atoms with van der Waals surface area (Å²) in [5.41, 5.74) is 2.27. The molecule has 0 unspecified atom stereocenters. The van der Waals surface area contributed by atoms with Gasteiger partial charge in [0.05, 0.1) is 0 Å². The third-order valence-electron chi connectivity index (χ3n) is 6.54. The number of hydrogen-bond acceptors (Lipinski definition) is 4. The molecule has 7 nitrogen and oxygen atoms in total. The molecule has 7 heteroatoms. The van der Waals surface area contributed by atoms with Gasteiger partial charge in [-0.05, 0) is 61.1 Å². The summed E-state index contributed by atoms with van der Waals surface area (Å²) >= 11 is 0. The molecule has 1 aliphatic heterocycles. The van der Waals surface area contributed by atoms with Crippen LogP contribution >= 0.6 is 0 Å². The van der Waals surface area contributed by atoms with Gasteiger partial charge in [-0.2, -0.15) is 0 Å². The molecule has 2 aromatic rings. The summed E-state index contributed by atoms with van der Waals surface area (Å²) in [6.45, 7) is 1.84. The zero-order valence-corrected chi connectivity index (χ0v) is 17.9. The predicted octanol–water partition coefficient (Wildman–Crippen LogP) is 2.51. The largest absolute Gasteiger partial charge is 0.380 e. The lowest BCUT2D eigenvalue weighted by Gasteiger charge is -2.35. The van der Waals surface area contributed by atoms with Gasteiger partial charge in [0.25, 0.3) is 11.8 Å². The Morgan fingerprint density at radius 3 is 1.88 bits per heavy atom. The van der Waals surface area contributed by atoms with Crippen molar-refractivity contribution in [2.24, 2.45) is 5.92 Å². The van der Waals surface area contributed by atoms with Gasteiger partial charge in [-0.1, -0.05) is 24.3 Å². The van der Waals surface area contributed by atoms with Gasteiger partial charge in [-0.3, -0.25) is 14.4 Å². The van der Waals surface area contributed by atoms with Crippen LogP contribution in [-0.4, -0.2) is 64.4 Å². The van der Waals surface area contributed by atoms with E-state index in [0.717, 1.165) is 29.7 Å². The number of nitrogens with zero attached hydrogens (tertiary/aromatic N) is 2. The Hall–Kier alpha value is -3.19. The van der Waals surface area contributed by atoms with E-state index in [2.05, 4.69) is 5.32 Å². The van der Waals surface area contributed by atoms with E-state index >= 15 is 0 Å². The maximum absolute atomic E-state index is 12.9. The molecule has 0 atom stereocenters. The summed E-state index contributed by atoms with van der Waals surface area (Å²) in [7, 11) is 0. The summed E-state index contributed by atoms with van der Waals surface area (Å²) in [4.78, 5) is 40.4. The summed E-state index contributed by atoms with van der Waals surface area (Å²) in [5.74, 6) is 0.0148. The second kappa shape index (κ2) is 8.06. The minimum absolute atomic E-state index is 0.0491. The van der Waals surface area contributed by atoms with Gasteiger partial charge in [0, 0.05) is 43.3 Å². The van der Waals surface area contributed by atoms with E-state index in [-0.39, 0.29) is 23.6 Å². The highest BCUT2D eigenvalue weighted by Gasteiger charge is 2.50. The van der Waals surface area contributed by atoms with Crippen LogP contribution in [0.25, 0.3) is 11.1 Å². The Morgan fingerprint density at radius 1 is 0.812 bits per heavy atom. The van der Waals surface area contributed by atoms with Gasteiger partial charge in [0.1, 0.15) is 5.60 Å². The van der Waals surface area contributed by atoms with Crippen molar-refractivity contribution < 1.29 is 19.5 Å². The maximum atomic E-state index is 12.9. The zero-order chi connectivity index (χ0) is 22.3. The van der Waals surface area contributed by atoms with E-state index in [9.17, 15) is 19.5 Å². The fourth-order valence-corrected chi connectivity index (χ4v) is 4.06. The number of carbonyl (C=O) groups excluding carboxylic acids is 3.